The summed E-state index contributed by atoms with van der Waals surface area (Å²) in [6, 6.07) is 0.713. The van der Waals surface area contributed by atoms with Gasteiger partial charge < -0.3 is 10.4 Å². The fraction of sp³-hybridized carbons (Fsp3) is 1.00. The molecule has 2 aliphatic heterocycles. The molecule has 0 amide bonds. The molecule has 1 unspecified atom stereocenters. The third-order valence-corrected chi connectivity index (χ3v) is 2.70. The van der Waals surface area contributed by atoms with Gasteiger partial charge in [0.25, 0.3) is 0 Å². The molecule has 0 saturated carbocycles. The van der Waals surface area contributed by atoms with Gasteiger partial charge in [-0.2, -0.15) is 0 Å². The van der Waals surface area contributed by atoms with Crippen LogP contribution in [0.15, 0.2) is 0 Å². The molecule has 80 valence electrons. The normalized spacial score (nSPS) is 29.8. The Hall–Kier alpha value is 0.460. The molecule has 2 rings (SSSR count). The zero-order valence-corrected chi connectivity index (χ0v) is 9.24. The lowest BCUT2D eigenvalue weighted by Gasteiger charge is -2.41. The van der Waals surface area contributed by atoms with Gasteiger partial charge >= 0.3 is 0 Å². The third-order valence-electron chi connectivity index (χ3n) is 2.70. The second-order valence-corrected chi connectivity index (χ2v) is 3.60. The van der Waals surface area contributed by atoms with Gasteiger partial charge in [0.1, 0.15) is 0 Å². The van der Waals surface area contributed by atoms with E-state index in [1.165, 1.54) is 6.54 Å². The number of nitrogens with zero attached hydrogens (tertiary/aromatic N) is 1. The van der Waals surface area contributed by atoms with Gasteiger partial charge in [-0.25, -0.2) is 0 Å². The fourth-order valence-corrected chi connectivity index (χ4v) is 1.85. The SMILES string of the molecule is Cl.Cl.OC1CCCN(C2CNC2)C1. The molecule has 2 saturated heterocycles. The number of halogens is 2. The maximum atomic E-state index is 9.39. The highest BCUT2D eigenvalue weighted by Crippen LogP contribution is 2.14. The Morgan fingerprint density at radius 3 is 2.38 bits per heavy atom. The Kier molecular flexibility index (Phi) is 6.25. The summed E-state index contributed by atoms with van der Waals surface area (Å²) >= 11 is 0. The van der Waals surface area contributed by atoms with E-state index in [4.69, 9.17) is 0 Å². The minimum atomic E-state index is -0.0654. The summed E-state index contributed by atoms with van der Waals surface area (Å²) in [5, 5.41) is 12.6. The molecule has 0 aromatic rings. The number of rotatable bonds is 1. The summed E-state index contributed by atoms with van der Waals surface area (Å²) in [4.78, 5) is 2.41. The van der Waals surface area contributed by atoms with E-state index >= 15 is 0 Å². The Bertz CT molecular complexity index is 144. The van der Waals surface area contributed by atoms with E-state index in [2.05, 4.69) is 10.2 Å². The van der Waals surface area contributed by atoms with E-state index in [1.54, 1.807) is 0 Å². The Labute approximate surface area is 91.7 Å². The van der Waals surface area contributed by atoms with Crippen LogP contribution >= 0.6 is 24.8 Å². The summed E-state index contributed by atoms with van der Waals surface area (Å²) < 4.78 is 0. The molecular formula is C8H18Cl2N2O. The average molecular weight is 229 g/mol. The largest absolute Gasteiger partial charge is 0.392 e. The molecule has 0 aromatic carbocycles. The summed E-state index contributed by atoms with van der Waals surface area (Å²) in [6.07, 6.45) is 2.10. The van der Waals surface area contributed by atoms with Crippen LogP contribution in [0.1, 0.15) is 12.8 Å². The van der Waals surface area contributed by atoms with Gasteiger partial charge in [-0.1, -0.05) is 0 Å². The number of aliphatic hydroxyl groups excluding tert-OH is 1. The van der Waals surface area contributed by atoms with Crippen molar-refractivity contribution in [1.82, 2.24) is 10.2 Å². The van der Waals surface area contributed by atoms with Crippen molar-refractivity contribution in [2.24, 2.45) is 0 Å². The van der Waals surface area contributed by atoms with Crippen LogP contribution in [0.2, 0.25) is 0 Å². The minimum absolute atomic E-state index is 0. The van der Waals surface area contributed by atoms with Crippen LogP contribution in [0.25, 0.3) is 0 Å². The molecule has 0 spiro atoms. The first kappa shape index (κ1) is 13.5. The van der Waals surface area contributed by atoms with E-state index in [1.807, 2.05) is 0 Å². The molecule has 0 aromatic heterocycles. The van der Waals surface area contributed by atoms with E-state index in [-0.39, 0.29) is 30.9 Å². The van der Waals surface area contributed by atoms with Crippen LogP contribution in [0, 0.1) is 0 Å². The summed E-state index contributed by atoms with van der Waals surface area (Å²) in [7, 11) is 0. The number of hydrogen-bond donors (Lipinski definition) is 2. The maximum absolute atomic E-state index is 9.39. The molecule has 2 N–H and O–H groups in total. The number of piperidine rings is 1. The molecule has 0 bridgehead atoms. The topological polar surface area (TPSA) is 35.5 Å². The molecule has 2 aliphatic rings. The second kappa shape index (κ2) is 6.04. The average Bonchev–Trinajstić information content (AvgIpc) is 1.83. The monoisotopic (exact) mass is 228 g/mol. The number of likely N-dealkylation sites (tertiary alicyclic amines) is 1. The lowest BCUT2D eigenvalue weighted by atomic mass is 10.0. The van der Waals surface area contributed by atoms with Gasteiger partial charge in [0.15, 0.2) is 0 Å². The van der Waals surface area contributed by atoms with Crippen LogP contribution in [0.3, 0.4) is 0 Å². The molecule has 1 atom stereocenters. The summed E-state index contributed by atoms with van der Waals surface area (Å²) in [6.45, 7) is 4.31. The van der Waals surface area contributed by atoms with Crippen LogP contribution in [0.4, 0.5) is 0 Å². The van der Waals surface area contributed by atoms with Gasteiger partial charge in [0.05, 0.1) is 6.10 Å². The van der Waals surface area contributed by atoms with Crippen LogP contribution in [-0.4, -0.2) is 48.3 Å². The van der Waals surface area contributed by atoms with Crippen LogP contribution in [-0.2, 0) is 0 Å². The number of β-amino-alcohol motifs (C(OH)–C–C–N with tert-alkyl or cyclic N) is 1. The number of hydrogen-bond acceptors (Lipinski definition) is 3. The van der Waals surface area contributed by atoms with Gasteiger partial charge in [-0.3, -0.25) is 4.90 Å². The van der Waals surface area contributed by atoms with Crippen molar-refractivity contribution in [3.05, 3.63) is 0 Å². The van der Waals surface area contributed by atoms with E-state index in [0.29, 0.717) is 6.04 Å². The Morgan fingerprint density at radius 1 is 1.23 bits per heavy atom. The minimum Gasteiger partial charge on any atom is -0.392 e. The Morgan fingerprint density at radius 2 is 1.92 bits per heavy atom. The van der Waals surface area contributed by atoms with Crippen molar-refractivity contribution in [1.29, 1.82) is 0 Å². The van der Waals surface area contributed by atoms with Crippen molar-refractivity contribution in [3.8, 4) is 0 Å². The van der Waals surface area contributed by atoms with E-state index in [9.17, 15) is 5.11 Å². The third kappa shape index (κ3) is 3.26. The smallest absolute Gasteiger partial charge is 0.0667 e. The number of aliphatic hydroxyl groups is 1. The predicted octanol–water partition coefficient (Wildman–Crippen LogP) is 0.259. The predicted molar refractivity (Wildman–Crippen MR) is 58.0 cm³/mol. The fourth-order valence-electron chi connectivity index (χ4n) is 1.85. The Balaban J connectivity index is 0.000000720. The molecule has 5 heteroatoms. The van der Waals surface area contributed by atoms with Gasteiger partial charge in [-0.15, -0.1) is 24.8 Å². The molecule has 0 aliphatic carbocycles. The van der Waals surface area contributed by atoms with Crippen molar-refractivity contribution >= 4 is 24.8 Å². The molecule has 2 heterocycles. The molecule has 13 heavy (non-hydrogen) atoms. The van der Waals surface area contributed by atoms with Gasteiger partial charge in [0, 0.05) is 25.7 Å². The zero-order chi connectivity index (χ0) is 7.68. The first-order chi connectivity index (χ1) is 5.36. The van der Waals surface area contributed by atoms with E-state index < -0.39 is 0 Å². The standard InChI is InChI=1S/C8H16N2O.2ClH/c11-8-2-1-3-10(6-8)7-4-9-5-7;;/h7-9,11H,1-6H2;2*1H. The van der Waals surface area contributed by atoms with Crippen molar-refractivity contribution in [2.45, 2.75) is 25.0 Å². The van der Waals surface area contributed by atoms with Crippen molar-refractivity contribution < 1.29 is 5.11 Å². The summed E-state index contributed by atoms with van der Waals surface area (Å²) in [5.41, 5.74) is 0. The van der Waals surface area contributed by atoms with Crippen molar-refractivity contribution in [3.63, 3.8) is 0 Å². The molecule has 2 fully saturated rings. The molecular weight excluding hydrogens is 211 g/mol. The van der Waals surface area contributed by atoms with Gasteiger partial charge in [-0.05, 0) is 19.4 Å². The highest BCUT2D eigenvalue weighted by atomic mass is 35.5. The molecule has 3 nitrogen and oxygen atoms in total. The van der Waals surface area contributed by atoms with E-state index in [0.717, 1.165) is 32.5 Å². The van der Waals surface area contributed by atoms with Crippen LogP contribution in [0.5, 0.6) is 0 Å². The maximum Gasteiger partial charge on any atom is 0.0667 e. The second-order valence-electron chi connectivity index (χ2n) is 3.60. The first-order valence-corrected chi connectivity index (χ1v) is 4.49. The van der Waals surface area contributed by atoms with Crippen LogP contribution < -0.4 is 5.32 Å². The van der Waals surface area contributed by atoms with Gasteiger partial charge in [0.2, 0.25) is 0 Å². The lowest BCUT2D eigenvalue weighted by Crippen LogP contribution is -2.59. The molecule has 0 radical (unpaired) electrons. The number of nitrogens with one attached hydrogen (secondary N) is 1. The highest BCUT2D eigenvalue weighted by Gasteiger charge is 2.28. The van der Waals surface area contributed by atoms with Crippen molar-refractivity contribution in [2.75, 3.05) is 26.2 Å². The highest BCUT2D eigenvalue weighted by molar-refractivity contribution is 5.85. The lowest BCUT2D eigenvalue weighted by molar-refractivity contribution is 0.0319. The first-order valence-electron chi connectivity index (χ1n) is 4.49. The zero-order valence-electron chi connectivity index (χ0n) is 7.61. The summed E-state index contributed by atoms with van der Waals surface area (Å²) in [5.74, 6) is 0. The quantitative estimate of drug-likeness (QED) is 0.677.